The van der Waals surface area contributed by atoms with Crippen LogP contribution in [0, 0.1) is 0 Å². The molecule has 0 spiro atoms. The largest absolute Gasteiger partial charge is 0.115 e. The Bertz CT molecular complexity index is 5190. The van der Waals surface area contributed by atoms with Crippen molar-refractivity contribution in [2.24, 2.45) is 0 Å². The minimum absolute atomic E-state index is 0.00511. The lowest BCUT2D eigenvalue weighted by atomic mass is 9.54. The first-order valence-corrected chi connectivity index (χ1v) is 26.1. The zero-order valence-corrected chi connectivity index (χ0v) is 46.6. The highest BCUT2D eigenvalue weighted by Crippen LogP contribution is 2.46. The zero-order chi connectivity index (χ0) is 64.8. The van der Waals surface area contributed by atoms with Crippen molar-refractivity contribution in [3.8, 4) is 55.6 Å². The summed E-state index contributed by atoms with van der Waals surface area (Å²) in [6.45, 7) is 0. The molecule has 0 N–H and O–H groups in total. The Morgan fingerprint density at radius 3 is 0.636 bits per heavy atom. The molecule has 66 radical (unpaired) electrons. The molecule has 0 amide bonds. The lowest BCUT2D eigenvalue weighted by Gasteiger charge is -2.33. The van der Waals surface area contributed by atoms with Crippen LogP contribution >= 0.6 is 0 Å². The molecular weight excluding hydrogens is 1020 g/mol. The van der Waals surface area contributed by atoms with Crippen LogP contribution in [0.1, 0.15) is 16.9 Å². The van der Waals surface area contributed by atoms with Crippen LogP contribution in [0.4, 0.5) is 0 Å². The quantitative estimate of drug-likeness (QED) is 0.119. The first-order chi connectivity index (χ1) is 41.1. The van der Waals surface area contributed by atoms with Gasteiger partial charge in [0.2, 0.25) is 0 Å². The Labute approximate surface area is 555 Å². The minimum atomic E-state index is -1.24. The van der Waals surface area contributed by atoms with Gasteiger partial charge in [-0.05, 0) is 126 Å². The summed E-state index contributed by atoms with van der Waals surface area (Å²) in [5.74, 6) is -1.24. The standard InChI is InChI=1S/C55HB33/c56-23-5-1-2-6(10(31(64)32(65)11(2)23)18-43(76)53(86)55(88)54(87)44(18)77)27(60)33(66)12(1)34(67)29(62)8(5)16-24(57)19(45(78)50(83)41(16)74)21-26(59)22(48(81)52(85)47(21)80)20-25(58)17(42(75)51(84)46(20)79)9-7-3-4-14(36(69)28(7)61)39(72)49(82)40(73)15(4)38(71)37(70)13(3)35(68)30(9)63/h23H. The molecule has 0 fully saturated rings. The normalized spacial score (nSPS) is 13.0. The molecule has 0 saturated carbocycles. The average molecular weight is 1020 g/mol. The molecule has 1 aliphatic carbocycles. The van der Waals surface area contributed by atoms with Gasteiger partial charge in [0.1, 0.15) is 251 Å². The van der Waals surface area contributed by atoms with Crippen LogP contribution in [0.3, 0.4) is 0 Å². The van der Waals surface area contributed by atoms with E-state index in [-0.39, 0.29) is 290 Å². The molecular formula is C55HB33. The maximum Gasteiger partial charge on any atom is 0.115 e. The van der Waals surface area contributed by atoms with Gasteiger partial charge in [0.15, 0.2) is 0 Å². The van der Waals surface area contributed by atoms with Crippen LogP contribution in [0.2, 0.25) is 0 Å². The molecule has 1 aliphatic rings. The molecule has 33 heteroatoms. The summed E-state index contributed by atoms with van der Waals surface area (Å²) in [4.78, 5) is 0. The fourth-order valence-electron chi connectivity index (χ4n) is 13.5. The lowest BCUT2D eigenvalue weighted by molar-refractivity contribution is 1.23. The van der Waals surface area contributed by atoms with E-state index in [1.165, 1.54) is 0 Å². The zero-order valence-electron chi connectivity index (χ0n) is 46.6. The van der Waals surface area contributed by atoms with E-state index in [2.05, 4.69) is 0 Å². The molecule has 12 rings (SSSR count). The second kappa shape index (κ2) is 21.1. The predicted octanol–water partition coefficient (Wildman–Crippen LogP) is -23.8. The van der Waals surface area contributed by atoms with Gasteiger partial charge in [-0.2, -0.15) is 0 Å². The third-order valence-corrected chi connectivity index (χ3v) is 18.0. The maximum absolute atomic E-state index is 7.41. The van der Waals surface area contributed by atoms with E-state index >= 15 is 0 Å². The average Bonchev–Trinajstić information content (AvgIpc) is 1.34. The van der Waals surface area contributed by atoms with Crippen LogP contribution in [0.25, 0.3) is 109 Å². The molecule has 11 aromatic carbocycles. The molecule has 0 aliphatic heterocycles. The van der Waals surface area contributed by atoms with Crippen molar-refractivity contribution in [1.82, 2.24) is 0 Å². The number of rotatable bonds is 5. The van der Waals surface area contributed by atoms with Crippen molar-refractivity contribution in [1.29, 1.82) is 0 Å². The first-order valence-electron chi connectivity index (χ1n) is 26.1. The first kappa shape index (κ1) is 63.3. The summed E-state index contributed by atoms with van der Waals surface area (Å²) < 4.78 is 0. The van der Waals surface area contributed by atoms with E-state index in [0.29, 0.717) is 5.39 Å². The summed E-state index contributed by atoms with van der Waals surface area (Å²) in [5, 5.41) is 2.11. The molecule has 11 aromatic rings. The van der Waals surface area contributed by atoms with Crippen LogP contribution in [0.5, 0.6) is 0 Å². The Kier molecular flexibility index (Phi) is 15.2. The van der Waals surface area contributed by atoms with E-state index in [4.69, 9.17) is 259 Å². The Morgan fingerprint density at radius 2 is 0.284 bits per heavy atom. The second-order valence-corrected chi connectivity index (χ2v) is 22.0. The fraction of sp³-hybridized carbons (Fsp3) is 0.0182. The van der Waals surface area contributed by atoms with E-state index in [1.54, 1.807) is 0 Å². The van der Waals surface area contributed by atoms with Crippen LogP contribution in [-0.4, -0.2) is 259 Å². The van der Waals surface area contributed by atoms with Gasteiger partial charge in [-0.15, -0.1) is 38.2 Å². The molecule has 0 bridgehead atoms. The summed E-state index contributed by atoms with van der Waals surface area (Å²) in [5.41, 5.74) is -5.06. The van der Waals surface area contributed by atoms with Gasteiger partial charge in [0.25, 0.3) is 0 Å². The summed E-state index contributed by atoms with van der Waals surface area (Å²) in [6, 6.07) is 0. The maximum atomic E-state index is 7.41. The molecule has 320 valence electrons. The molecule has 0 aromatic heterocycles. The highest BCUT2D eigenvalue weighted by atomic mass is 14.4. The third-order valence-electron chi connectivity index (χ3n) is 18.0. The van der Waals surface area contributed by atoms with Crippen LogP contribution in [-0.2, 0) is 0 Å². The topological polar surface area (TPSA) is 0 Å². The van der Waals surface area contributed by atoms with Gasteiger partial charge < -0.3 is 0 Å². The van der Waals surface area contributed by atoms with Gasteiger partial charge >= 0.3 is 0 Å². The van der Waals surface area contributed by atoms with Crippen molar-refractivity contribution in [2.75, 3.05) is 0 Å². The molecule has 88 heavy (non-hydrogen) atoms. The van der Waals surface area contributed by atoms with Crippen molar-refractivity contribution < 1.29 is 0 Å². The van der Waals surface area contributed by atoms with Gasteiger partial charge in [0, 0.05) is 0 Å². The van der Waals surface area contributed by atoms with Crippen molar-refractivity contribution >= 4 is 488 Å². The molecule has 0 nitrogen and oxygen atoms in total. The van der Waals surface area contributed by atoms with Crippen molar-refractivity contribution in [2.45, 2.75) is 5.82 Å². The minimum Gasteiger partial charge on any atom is -0.112 e. The monoisotopic (exact) mass is 1020 g/mol. The molecule has 0 saturated heterocycles. The Morgan fingerprint density at radius 1 is 0.114 bits per heavy atom. The van der Waals surface area contributed by atoms with Crippen molar-refractivity contribution in [3.63, 3.8) is 0 Å². The van der Waals surface area contributed by atoms with E-state index in [9.17, 15) is 0 Å². The lowest BCUT2D eigenvalue weighted by Crippen LogP contribution is -2.56. The molecule has 1 unspecified atom stereocenters. The number of hydrogen-bond acceptors (Lipinski definition) is 0. The molecule has 0 heterocycles. The smallest absolute Gasteiger partial charge is 0.112 e. The number of hydrogen-bond donors (Lipinski definition) is 0. The van der Waals surface area contributed by atoms with E-state index < -0.39 is 5.82 Å². The molecule has 1 atom stereocenters. The van der Waals surface area contributed by atoms with Crippen LogP contribution < -0.4 is 175 Å². The van der Waals surface area contributed by atoms with E-state index in [0.717, 1.165) is 0 Å². The van der Waals surface area contributed by atoms with Crippen molar-refractivity contribution in [3.05, 3.63) is 11.1 Å². The SMILES string of the molecule is [B]c1c([B])c([B])c(-c2c([B])c([B])c3c4c2c([B])c([B])c2c([B])c([B])c(-c5c([B])c([B])c([B])c(-c6c([B])c([B])c([B])c(-c7c([B])c([B])c([B])c(-c8c([B])c([B])c9c([B])c([B])c%10c([B])c([B])c([B])c%11c([B])c([B])c8c9c%10%11)c7[B])c6[B])c5[B])c(c24)C3[B])c([B])c1[B]. The Balaban J connectivity index is 1.17. The predicted molar refractivity (Wildman–Crippen MR) is 412 cm³/mol. The summed E-state index contributed by atoms with van der Waals surface area (Å²) in [7, 11) is 228. The van der Waals surface area contributed by atoms with Gasteiger partial charge in [0.05, 0.1) is 7.85 Å². The van der Waals surface area contributed by atoms with Gasteiger partial charge in [-0.1, -0.05) is 137 Å². The summed E-state index contributed by atoms with van der Waals surface area (Å²) in [6.07, 6.45) is 0. The van der Waals surface area contributed by atoms with Crippen LogP contribution in [0.15, 0.2) is 0 Å². The van der Waals surface area contributed by atoms with E-state index in [1.807, 2.05) is 0 Å². The Hall–Kier alpha value is -4.88. The second-order valence-electron chi connectivity index (χ2n) is 22.0. The summed E-state index contributed by atoms with van der Waals surface area (Å²) >= 11 is 0. The van der Waals surface area contributed by atoms with Gasteiger partial charge in [-0.25, -0.2) is 0 Å². The highest BCUT2D eigenvalue weighted by molar-refractivity contribution is 6.78. The van der Waals surface area contributed by atoms with Gasteiger partial charge in [-0.3, -0.25) is 0 Å². The number of benzene rings is 11. The third kappa shape index (κ3) is 7.76. The highest BCUT2D eigenvalue weighted by Gasteiger charge is 2.36. The fourth-order valence-corrected chi connectivity index (χ4v) is 13.5.